The summed E-state index contributed by atoms with van der Waals surface area (Å²) in [5.41, 5.74) is 2.01. The van der Waals surface area contributed by atoms with Gasteiger partial charge in [0.25, 0.3) is 5.91 Å². The van der Waals surface area contributed by atoms with Gasteiger partial charge in [0.05, 0.1) is 37.6 Å². The predicted octanol–water partition coefficient (Wildman–Crippen LogP) is 4.67. The number of piperidine rings is 1. The van der Waals surface area contributed by atoms with E-state index >= 15 is 0 Å². The summed E-state index contributed by atoms with van der Waals surface area (Å²) in [5, 5.41) is 8.27. The first kappa shape index (κ1) is 27.4. The van der Waals surface area contributed by atoms with Gasteiger partial charge in [-0.15, -0.1) is 10.2 Å². The van der Waals surface area contributed by atoms with Crippen LogP contribution in [0.3, 0.4) is 0 Å². The number of halogens is 3. The number of likely N-dealkylation sites (tertiary alicyclic amines) is 1. The second kappa shape index (κ2) is 10.1. The smallest absolute Gasteiger partial charge is 0.416 e. The lowest BCUT2D eigenvalue weighted by Crippen LogP contribution is -2.49. The highest BCUT2D eigenvalue weighted by Gasteiger charge is 2.45. The summed E-state index contributed by atoms with van der Waals surface area (Å²) in [7, 11) is 1.89. The highest BCUT2D eigenvalue weighted by Crippen LogP contribution is 2.47. The minimum absolute atomic E-state index is 0.0289. The van der Waals surface area contributed by atoms with Crippen LogP contribution in [0.15, 0.2) is 30.6 Å². The van der Waals surface area contributed by atoms with E-state index in [2.05, 4.69) is 28.1 Å². The molecule has 11 heteroatoms. The lowest BCUT2D eigenvalue weighted by Gasteiger charge is -2.42. The van der Waals surface area contributed by atoms with Gasteiger partial charge in [-0.3, -0.25) is 9.69 Å². The van der Waals surface area contributed by atoms with Crippen LogP contribution in [0.25, 0.3) is 0 Å². The van der Waals surface area contributed by atoms with Crippen LogP contribution in [-0.4, -0.2) is 58.5 Å². The average molecular weight is 582 g/mol. The Morgan fingerprint density at radius 3 is 2.69 bits per heavy atom. The second-order valence-electron chi connectivity index (χ2n) is 12.4. The molecule has 0 bridgehead atoms. The number of alkyl halides is 3. The van der Waals surface area contributed by atoms with Gasteiger partial charge in [0.15, 0.2) is 0 Å². The molecule has 0 aliphatic carbocycles. The average Bonchev–Trinajstić information content (AvgIpc) is 3.64. The van der Waals surface area contributed by atoms with Gasteiger partial charge in [-0.2, -0.15) is 13.2 Å². The Kier molecular flexibility index (Phi) is 6.58. The van der Waals surface area contributed by atoms with Crippen LogP contribution in [-0.2, 0) is 49.3 Å². The molecule has 0 saturated carbocycles. The maximum Gasteiger partial charge on any atom is 0.416 e. The minimum atomic E-state index is -4.57. The topological polar surface area (TPSA) is 72.7 Å². The first-order valence-electron chi connectivity index (χ1n) is 14.6. The van der Waals surface area contributed by atoms with Crippen molar-refractivity contribution in [2.45, 2.75) is 57.3 Å². The quantitative estimate of drug-likeness (QED) is 0.422. The molecule has 2 saturated heterocycles. The van der Waals surface area contributed by atoms with Crippen molar-refractivity contribution in [3.05, 3.63) is 69.8 Å². The number of aryl methyl sites for hydroxylation is 1. The number of hydrogen-bond acceptors (Lipinski definition) is 6. The number of hydrogen-bond donors (Lipinski definition) is 0. The van der Waals surface area contributed by atoms with E-state index in [1.54, 1.807) is 12.4 Å². The Morgan fingerprint density at radius 2 is 2.00 bits per heavy atom. The number of anilines is 1. The van der Waals surface area contributed by atoms with Crippen molar-refractivity contribution in [1.29, 1.82) is 0 Å². The van der Waals surface area contributed by atoms with E-state index in [0.717, 1.165) is 42.9 Å². The molecule has 2 aromatic carbocycles. The fourth-order valence-corrected chi connectivity index (χ4v) is 6.98. The number of nitrogens with zero attached hydrogens (tertiary/aromatic N) is 5. The molecule has 0 spiro atoms. The Labute approximate surface area is 242 Å². The predicted molar refractivity (Wildman–Crippen MR) is 148 cm³/mol. The van der Waals surface area contributed by atoms with Crippen molar-refractivity contribution in [2.75, 3.05) is 37.8 Å². The molecule has 222 valence electrons. The van der Waals surface area contributed by atoms with Crippen molar-refractivity contribution >= 4 is 11.6 Å². The van der Waals surface area contributed by atoms with Crippen molar-refractivity contribution in [3.8, 4) is 5.75 Å². The Balaban J connectivity index is 1.26. The molecular weight excluding hydrogens is 547 g/mol. The van der Waals surface area contributed by atoms with Gasteiger partial charge in [-0.05, 0) is 65.8 Å². The van der Waals surface area contributed by atoms with Gasteiger partial charge in [-0.25, -0.2) is 0 Å². The maximum atomic E-state index is 14.4. The molecule has 1 amide bonds. The summed E-state index contributed by atoms with van der Waals surface area (Å²) in [6.45, 7) is 5.50. The standard InChI is InChI=1S/C31H34F3N5O3/c1-19-4-3-6-38(13-19)14-20-8-23-24(25(9-20)31(32,33)34)15-39(29(23)40)26-11-22(10-21-5-7-42-28(21)26)30(16-41-17-30)12-27-36-35-18-37(27)2/h8-11,18-19H,3-7,12-17H2,1-2H3/t19-/m0/s1. The van der Waals surface area contributed by atoms with E-state index < -0.39 is 17.6 Å². The second-order valence-corrected chi connectivity index (χ2v) is 12.4. The minimum Gasteiger partial charge on any atom is -0.491 e. The summed E-state index contributed by atoms with van der Waals surface area (Å²) in [6.07, 6.45) is 0.485. The third-order valence-corrected chi connectivity index (χ3v) is 9.28. The van der Waals surface area contributed by atoms with Crippen LogP contribution in [0.4, 0.5) is 18.9 Å². The molecule has 42 heavy (non-hydrogen) atoms. The van der Waals surface area contributed by atoms with Crippen LogP contribution in [0.2, 0.25) is 0 Å². The zero-order chi connectivity index (χ0) is 29.2. The van der Waals surface area contributed by atoms with Gasteiger partial charge >= 0.3 is 6.18 Å². The number of amides is 1. The molecular formula is C31H34F3N5O3. The fraction of sp³-hybridized carbons (Fsp3) is 0.516. The molecule has 0 radical (unpaired) electrons. The molecule has 5 heterocycles. The van der Waals surface area contributed by atoms with Crippen molar-refractivity contribution in [3.63, 3.8) is 0 Å². The molecule has 0 N–H and O–H groups in total. The Bertz CT molecular complexity index is 1550. The van der Waals surface area contributed by atoms with Crippen LogP contribution in [0, 0.1) is 5.92 Å². The van der Waals surface area contributed by atoms with Gasteiger partial charge in [0.1, 0.15) is 17.9 Å². The number of carbonyl (C=O) groups excluding carboxylic acids is 1. The first-order valence-corrected chi connectivity index (χ1v) is 14.6. The molecule has 8 nitrogen and oxygen atoms in total. The summed E-state index contributed by atoms with van der Waals surface area (Å²) in [6, 6.07) is 6.92. The number of fused-ring (bicyclic) bond motifs is 2. The van der Waals surface area contributed by atoms with Crippen molar-refractivity contribution in [2.24, 2.45) is 13.0 Å². The molecule has 7 rings (SSSR count). The van der Waals surface area contributed by atoms with Crippen LogP contribution in [0.5, 0.6) is 5.75 Å². The number of aromatic nitrogens is 3. The summed E-state index contributed by atoms with van der Waals surface area (Å²) in [5.74, 6) is 1.46. The number of ether oxygens (including phenoxy) is 2. The molecule has 4 aliphatic heterocycles. The van der Waals surface area contributed by atoms with Gasteiger partial charge in [-0.1, -0.05) is 13.0 Å². The maximum absolute atomic E-state index is 14.4. The largest absolute Gasteiger partial charge is 0.491 e. The highest BCUT2D eigenvalue weighted by molar-refractivity contribution is 6.11. The summed E-state index contributed by atoms with van der Waals surface area (Å²) < 4.78 is 56.8. The Morgan fingerprint density at radius 1 is 1.17 bits per heavy atom. The van der Waals surface area contributed by atoms with Crippen LogP contribution < -0.4 is 9.64 Å². The van der Waals surface area contributed by atoms with Crippen LogP contribution in [0.1, 0.15) is 63.8 Å². The van der Waals surface area contributed by atoms with Crippen molar-refractivity contribution < 1.29 is 27.4 Å². The Hall–Kier alpha value is -3.44. The summed E-state index contributed by atoms with van der Waals surface area (Å²) >= 11 is 0. The van der Waals surface area contributed by atoms with E-state index in [1.807, 2.05) is 17.7 Å². The number of rotatable bonds is 6. The molecule has 1 aromatic heterocycles. The van der Waals surface area contributed by atoms with E-state index in [9.17, 15) is 18.0 Å². The van der Waals surface area contributed by atoms with Gasteiger partial charge in [0.2, 0.25) is 0 Å². The van der Waals surface area contributed by atoms with Gasteiger partial charge < -0.3 is 18.9 Å². The van der Waals surface area contributed by atoms with E-state index in [1.165, 1.54) is 11.0 Å². The lowest BCUT2D eigenvalue weighted by atomic mass is 9.74. The van der Waals surface area contributed by atoms with Crippen LogP contribution >= 0.6 is 0 Å². The third kappa shape index (κ3) is 4.66. The zero-order valence-electron chi connectivity index (χ0n) is 23.8. The monoisotopic (exact) mass is 581 g/mol. The summed E-state index contributed by atoms with van der Waals surface area (Å²) in [4.78, 5) is 17.6. The zero-order valence-corrected chi connectivity index (χ0v) is 23.8. The van der Waals surface area contributed by atoms with E-state index in [0.29, 0.717) is 62.1 Å². The number of carbonyl (C=O) groups is 1. The molecule has 1 atom stereocenters. The van der Waals surface area contributed by atoms with E-state index in [-0.39, 0.29) is 23.1 Å². The van der Waals surface area contributed by atoms with E-state index in [4.69, 9.17) is 9.47 Å². The normalized spacial score (nSPS) is 21.7. The molecule has 3 aromatic rings. The fourth-order valence-electron chi connectivity index (χ4n) is 6.98. The molecule has 2 fully saturated rings. The van der Waals surface area contributed by atoms with Gasteiger partial charge in [0, 0.05) is 44.0 Å². The SMILES string of the molecule is C[C@H]1CCCN(Cc2cc3c(c(C(F)(F)F)c2)CN(c2cc(C4(Cc5nncn5C)COC4)cc4c2OCC4)C3=O)C1. The van der Waals surface area contributed by atoms with Crippen molar-refractivity contribution in [1.82, 2.24) is 19.7 Å². The first-order chi connectivity index (χ1) is 20.1. The highest BCUT2D eigenvalue weighted by atomic mass is 19.4. The lowest BCUT2D eigenvalue weighted by molar-refractivity contribution is -0.138. The number of benzene rings is 2. The molecule has 0 unspecified atom stereocenters. The third-order valence-electron chi connectivity index (χ3n) is 9.28. The molecule has 4 aliphatic rings.